The van der Waals surface area contributed by atoms with Gasteiger partial charge in [-0.05, 0) is 6.07 Å². The third-order valence-corrected chi connectivity index (χ3v) is 4.89. The molecule has 8 heteroatoms. The molecule has 0 radical (unpaired) electrons. The first kappa shape index (κ1) is 17.0. The minimum Gasteiger partial charge on any atom is -0.352 e. The summed E-state index contributed by atoms with van der Waals surface area (Å²) < 4.78 is 1.96. The molecular formula is C18H26N8. The van der Waals surface area contributed by atoms with Crippen molar-refractivity contribution in [1.82, 2.24) is 34.5 Å². The molecular weight excluding hydrogens is 328 g/mol. The van der Waals surface area contributed by atoms with E-state index in [-0.39, 0.29) is 5.41 Å². The second kappa shape index (κ2) is 6.68. The molecule has 1 fully saturated rings. The van der Waals surface area contributed by atoms with Crippen LogP contribution in [0.3, 0.4) is 0 Å². The fraction of sp³-hybridized carbons (Fsp3) is 0.556. The summed E-state index contributed by atoms with van der Waals surface area (Å²) in [6.07, 6.45) is 7.22. The number of anilines is 1. The van der Waals surface area contributed by atoms with Crippen LogP contribution in [0.15, 0.2) is 30.9 Å². The molecule has 3 aromatic rings. The van der Waals surface area contributed by atoms with Gasteiger partial charge in [0.1, 0.15) is 5.52 Å². The molecule has 0 unspecified atom stereocenters. The van der Waals surface area contributed by atoms with Crippen LogP contribution in [0.5, 0.6) is 0 Å². The predicted molar refractivity (Wildman–Crippen MR) is 100 cm³/mol. The summed E-state index contributed by atoms with van der Waals surface area (Å²) in [5.74, 6) is 1.03. The summed E-state index contributed by atoms with van der Waals surface area (Å²) in [6, 6.07) is 2.18. The summed E-state index contributed by atoms with van der Waals surface area (Å²) in [7, 11) is 0. The topological polar surface area (TPSA) is 67.4 Å². The highest BCUT2D eigenvalue weighted by atomic mass is 15.5. The first-order valence-corrected chi connectivity index (χ1v) is 9.17. The minimum atomic E-state index is 0.0303. The van der Waals surface area contributed by atoms with E-state index in [0.29, 0.717) is 0 Å². The van der Waals surface area contributed by atoms with Crippen molar-refractivity contribution in [1.29, 1.82) is 0 Å². The second-order valence-corrected chi connectivity index (χ2v) is 7.81. The fourth-order valence-corrected chi connectivity index (χ4v) is 3.29. The predicted octanol–water partition coefficient (Wildman–Crippen LogP) is 1.44. The van der Waals surface area contributed by atoms with E-state index in [2.05, 4.69) is 51.8 Å². The highest BCUT2D eigenvalue weighted by molar-refractivity contribution is 5.69. The van der Waals surface area contributed by atoms with Crippen LogP contribution >= 0.6 is 0 Å². The van der Waals surface area contributed by atoms with Crippen molar-refractivity contribution in [2.75, 3.05) is 37.6 Å². The number of aromatic nitrogens is 6. The van der Waals surface area contributed by atoms with Crippen LogP contribution in [-0.2, 0) is 12.0 Å². The van der Waals surface area contributed by atoms with Crippen molar-refractivity contribution in [2.45, 2.75) is 32.7 Å². The zero-order valence-corrected chi connectivity index (χ0v) is 15.7. The maximum absolute atomic E-state index is 4.74. The number of rotatable bonds is 4. The molecule has 0 saturated carbocycles. The second-order valence-electron chi connectivity index (χ2n) is 7.81. The molecule has 1 aliphatic heterocycles. The smallest absolute Gasteiger partial charge is 0.154 e. The molecule has 0 spiro atoms. The highest BCUT2D eigenvalue weighted by Gasteiger charge is 2.23. The van der Waals surface area contributed by atoms with Crippen LogP contribution < -0.4 is 4.90 Å². The van der Waals surface area contributed by atoms with Gasteiger partial charge in [0.25, 0.3) is 0 Å². The van der Waals surface area contributed by atoms with E-state index < -0.39 is 0 Å². The molecule has 4 rings (SSSR count). The van der Waals surface area contributed by atoms with Gasteiger partial charge in [-0.25, -0.2) is 9.50 Å². The Morgan fingerprint density at radius 1 is 0.962 bits per heavy atom. The van der Waals surface area contributed by atoms with Gasteiger partial charge in [-0.15, -0.1) is 0 Å². The zero-order valence-electron chi connectivity index (χ0n) is 15.7. The third-order valence-electron chi connectivity index (χ3n) is 4.89. The van der Waals surface area contributed by atoms with Gasteiger partial charge in [0.05, 0.1) is 24.6 Å². The molecule has 8 nitrogen and oxygen atoms in total. The maximum Gasteiger partial charge on any atom is 0.154 e. The van der Waals surface area contributed by atoms with Crippen LogP contribution in [0.2, 0.25) is 0 Å². The van der Waals surface area contributed by atoms with E-state index in [9.17, 15) is 0 Å². The molecule has 0 aliphatic carbocycles. The third kappa shape index (κ3) is 3.41. The average Bonchev–Trinajstić information content (AvgIpc) is 3.29. The van der Waals surface area contributed by atoms with Gasteiger partial charge in [-0.2, -0.15) is 20.1 Å². The van der Waals surface area contributed by atoms with Crippen LogP contribution in [0.25, 0.3) is 5.52 Å². The van der Waals surface area contributed by atoms with Gasteiger partial charge in [0, 0.05) is 50.5 Å². The van der Waals surface area contributed by atoms with Crippen LogP contribution in [0, 0.1) is 0 Å². The summed E-state index contributed by atoms with van der Waals surface area (Å²) in [5.41, 5.74) is 2.21. The molecule has 26 heavy (non-hydrogen) atoms. The Bertz CT molecular complexity index is 853. The Balaban J connectivity index is 1.45. The van der Waals surface area contributed by atoms with Crippen molar-refractivity contribution < 1.29 is 0 Å². The number of fused-ring (bicyclic) bond motifs is 1. The molecule has 0 bridgehead atoms. The average molecular weight is 354 g/mol. The number of nitrogens with zero attached hydrogens (tertiary/aromatic N) is 8. The molecule has 0 N–H and O–H groups in total. The lowest BCUT2D eigenvalue weighted by Gasteiger charge is -2.35. The standard InChI is InChI=1S/C18H26N8/c1-18(2,3)16-14-15-17(19-6-7-25(15)22-16)24-11-8-23(9-12-24)10-13-26-20-4-5-21-26/h4-7,14H,8-13H2,1-3H3. The van der Waals surface area contributed by atoms with E-state index in [4.69, 9.17) is 5.10 Å². The van der Waals surface area contributed by atoms with Gasteiger partial charge in [-0.1, -0.05) is 20.8 Å². The maximum atomic E-state index is 4.74. The Hall–Kier alpha value is -2.48. The van der Waals surface area contributed by atoms with Gasteiger partial charge < -0.3 is 4.90 Å². The first-order valence-electron chi connectivity index (χ1n) is 9.17. The number of hydrogen-bond donors (Lipinski definition) is 0. The van der Waals surface area contributed by atoms with Gasteiger partial charge in [0.2, 0.25) is 0 Å². The summed E-state index contributed by atoms with van der Waals surface area (Å²) in [6.45, 7) is 12.3. The summed E-state index contributed by atoms with van der Waals surface area (Å²) in [5, 5.41) is 13.1. The minimum absolute atomic E-state index is 0.0303. The van der Waals surface area contributed by atoms with E-state index in [1.165, 1.54) is 0 Å². The van der Waals surface area contributed by atoms with Crippen molar-refractivity contribution >= 4 is 11.3 Å². The summed E-state index contributed by atoms with van der Waals surface area (Å²) in [4.78, 5) is 11.2. The Kier molecular flexibility index (Phi) is 4.36. The van der Waals surface area contributed by atoms with Crippen molar-refractivity contribution in [3.63, 3.8) is 0 Å². The monoisotopic (exact) mass is 354 g/mol. The molecule has 0 amide bonds. The summed E-state index contributed by atoms with van der Waals surface area (Å²) >= 11 is 0. The van der Waals surface area contributed by atoms with E-state index in [1.54, 1.807) is 17.2 Å². The normalized spacial score (nSPS) is 16.5. The molecule has 1 saturated heterocycles. The number of piperazine rings is 1. The molecule has 0 atom stereocenters. The van der Waals surface area contributed by atoms with Crippen molar-refractivity contribution in [3.05, 3.63) is 36.5 Å². The largest absolute Gasteiger partial charge is 0.352 e. The van der Waals surface area contributed by atoms with Gasteiger partial charge >= 0.3 is 0 Å². The van der Waals surface area contributed by atoms with E-state index in [1.807, 2.05) is 16.9 Å². The Labute approximate surface area is 153 Å². The van der Waals surface area contributed by atoms with Crippen LogP contribution in [0.1, 0.15) is 26.5 Å². The van der Waals surface area contributed by atoms with Gasteiger partial charge in [0.15, 0.2) is 5.82 Å². The molecule has 1 aliphatic rings. The fourth-order valence-electron chi connectivity index (χ4n) is 3.29. The molecule has 3 aromatic heterocycles. The first-order chi connectivity index (χ1) is 12.5. The highest BCUT2D eigenvalue weighted by Crippen LogP contribution is 2.26. The quantitative estimate of drug-likeness (QED) is 0.706. The zero-order chi connectivity index (χ0) is 18.1. The van der Waals surface area contributed by atoms with Crippen molar-refractivity contribution in [3.8, 4) is 0 Å². The molecule has 0 aromatic carbocycles. The molecule has 138 valence electrons. The van der Waals surface area contributed by atoms with Crippen LogP contribution in [0.4, 0.5) is 5.82 Å². The van der Waals surface area contributed by atoms with Crippen LogP contribution in [-0.4, -0.2) is 67.2 Å². The van der Waals surface area contributed by atoms with E-state index in [0.717, 1.165) is 56.3 Å². The lowest BCUT2D eigenvalue weighted by Crippen LogP contribution is -2.47. The SMILES string of the molecule is CC(C)(C)c1cc2c(N3CCN(CCn4nccn4)CC3)nccn2n1. The van der Waals surface area contributed by atoms with Crippen molar-refractivity contribution in [2.24, 2.45) is 0 Å². The lowest BCUT2D eigenvalue weighted by molar-refractivity contribution is 0.239. The Morgan fingerprint density at radius 2 is 1.69 bits per heavy atom. The van der Waals surface area contributed by atoms with Gasteiger partial charge in [-0.3, -0.25) is 4.90 Å². The number of hydrogen-bond acceptors (Lipinski definition) is 6. The lowest BCUT2D eigenvalue weighted by atomic mass is 9.92. The molecule has 4 heterocycles. The van der Waals surface area contributed by atoms with E-state index >= 15 is 0 Å². The Morgan fingerprint density at radius 3 is 2.38 bits per heavy atom.